The molecule has 4 aliphatic rings. The minimum Gasteiger partial charge on any atom is -0.478 e. The summed E-state index contributed by atoms with van der Waals surface area (Å²) in [7, 11) is 0. The molecule has 0 bridgehead atoms. The molecule has 3 N–H and O–H groups in total. The van der Waals surface area contributed by atoms with E-state index < -0.39 is 24.1 Å². The maximum absolute atomic E-state index is 12.6. The Morgan fingerprint density at radius 1 is 1.03 bits per heavy atom. The van der Waals surface area contributed by atoms with E-state index in [9.17, 15) is 24.9 Å². The number of rotatable bonds is 5. The summed E-state index contributed by atoms with van der Waals surface area (Å²) in [5, 5.41) is 32.9. The Hall–Kier alpha value is -0.920. The first-order valence-corrected chi connectivity index (χ1v) is 14.3. The minimum atomic E-state index is -0.953. The first-order valence-electron chi connectivity index (χ1n) is 14.3. The molecule has 10 atom stereocenters. The number of aliphatic hydroxyl groups is 2. The second kappa shape index (κ2) is 11.2. The second-order valence-corrected chi connectivity index (χ2v) is 13.6. The Morgan fingerprint density at radius 3 is 2.26 bits per heavy atom. The van der Waals surface area contributed by atoms with Crippen molar-refractivity contribution in [2.24, 2.45) is 39.9 Å². The Bertz CT molecular complexity index is 1000. The van der Waals surface area contributed by atoms with Gasteiger partial charge >= 0.3 is 11.9 Å². The Labute approximate surface area is 244 Å². The zero-order chi connectivity index (χ0) is 27.5. The predicted octanol–water partition coefficient (Wildman–Crippen LogP) is 5.66. The zero-order valence-electron chi connectivity index (χ0n) is 24.1. The molecule has 1 radical (unpaired) electrons. The molecular weight excluding hydrogens is 576 g/mol. The molecule has 0 amide bonds. The van der Waals surface area contributed by atoms with Crippen molar-refractivity contribution in [1.82, 2.24) is 0 Å². The molecule has 38 heavy (non-hydrogen) atoms. The van der Waals surface area contributed by atoms with Crippen molar-refractivity contribution in [2.45, 2.75) is 118 Å². The van der Waals surface area contributed by atoms with Crippen LogP contribution in [-0.2, 0) is 36.7 Å². The van der Waals surface area contributed by atoms with Gasteiger partial charge in [0.15, 0.2) is 0 Å². The number of carbonyl (C=O) groups excluding carboxylic acids is 1. The van der Waals surface area contributed by atoms with Crippen molar-refractivity contribution in [3.05, 3.63) is 22.8 Å². The third-order valence-corrected chi connectivity index (χ3v) is 11.6. The number of hydrogen-bond donors (Lipinski definition) is 3. The number of esters is 1. The smallest absolute Gasteiger partial charge is 0.331 e. The zero-order valence-corrected chi connectivity index (χ0v) is 25.6. The summed E-state index contributed by atoms with van der Waals surface area (Å²) in [6.07, 6.45) is 6.22. The quantitative estimate of drug-likeness (QED) is 0.158. The van der Waals surface area contributed by atoms with E-state index >= 15 is 0 Å². The van der Waals surface area contributed by atoms with Crippen LogP contribution in [0, 0.1) is 39.9 Å². The maximum Gasteiger partial charge on any atom is 0.331 e. The number of carboxylic acid groups (broad SMARTS) is 1. The van der Waals surface area contributed by atoms with E-state index in [1.165, 1.54) is 6.92 Å². The molecule has 4 aliphatic carbocycles. The molecule has 4 fully saturated rings. The topological polar surface area (TPSA) is 104 Å². The van der Waals surface area contributed by atoms with Crippen LogP contribution in [0.5, 0.6) is 0 Å². The van der Waals surface area contributed by atoms with Gasteiger partial charge in [-0.3, -0.25) is 4.79 Å². The van der Waals surface area contributed by atoms with Crippen LogP contribution in [0.2, 0.25) is 0 Å². The van der Waals surface area contributed by atoms with Gasteiger partial charge in [0.05, 0.1) is 12.2 Å². The van der Waals surface area contributed by atoms with Crippen LogP contribution in [0.3, 0.4) is 0 Å². The molecule has 0 unspecified atom stereocenters. The van der Waals surface area contributed by atoms with Gasteiger partial charge in [-0.05, 0) is 111 Å². The van der Waals surface area contributed by atoms with Crippen LogP contribution in [-0.4, -0.2) is 45.6 Å². The summed E-state index contributed by atoms with van der Waals surface area (Å²) in [4.78, 5) is 24.8. The van der Waals surface area contributed by atoms with Crippen molar-refractivity contribution >= 4 is 11.9 Å². The molecule has 219 valence electrons. The van der Waals surface area contributed by atoms with Crippen molar-refractivity contribution in [3.63, 3.8) is 0 Å². The van der Waals surface area contributed by atoms with Crippen LogP contribution in [0.4, 0.5) is 0 Å². The number of fused-ring (bicyclic) bond motifs is 5. The van der Waals surface area contributed by atoms with E-state index in [0.717, 1.165) is 36.8 Å². The van der Waals surface area contributed by atoms with Crippen LogP contribution in [0.1, 0.15) is 99.8 Å². The molecule has 4 saturated carbocycles. The fraction of sp³-hybridized carbons (Fsp3) is 0.806. The van der Waals surface area contributed by atoms with Gasteiger partial charge in [0.2, 0.25) is 0 Å². The van der Waals surface area contributed by atoms with E-state index in [-0.39, 0.29) is 62.5 Å². The third-order valence-electron chi connectivity index (χ3n) is 11.6. The Balaban J connectivity index is 0.00000400. The van der Waals surface area contributed by atoms with E-state index in [0.29, 0.717) is 37.2 Å². The van der Waals surface area contributed by atoms with Crippen LogP contribution >= 0.6 is 0 Å². The predicted molar refractivity (Wildman–Crippen MR) is 143 cm³/mol. The minimum absolute atomic E-state index is 0. The normalized spacial score (nSPS) is 45.0. The number of carboxylic acids is 1. The number of aliphatic hydroxyl groups excluding tert-OH is 2. The molecule has 0 aromatic carbocycles. The number of hydrogen-bond acceptors (Lipinski definition) is 5. The third kappa shape index (κ3) is 4.91. The summed E-state index contributed by atoms with van der Waals surface area (Å²) in [5.74, 6) is -0.909. The second-order valence-electron chi connectivity index (χ2n) is 13.6. The molecule has 4 rings (SSSR count). The van der Waals surface area contributed by atoms with E-state index in [2.05, 4.69) is 27.7 Å². The van der Waals surface area contributed by atoms with Gasteiger partial charge in [0.1, 0.15) is 6.10 Å². The van der Waals surface area contributed by atoms with Crippen LogP contribution in [0.25, 0.3) is 0 Å². The van der Waals surface area contributed by atoms with Crippen LogP contribution in [0.15, 0.2) is 22.8 Å². The summed E-state index contributed by atoms with van der Waals surface area (Å²) >= 11 is 0. The monoisotopic (exact) mass is 623 g/mol. The molecular formula is C31H48AgO6. The van der Waals surface area contributed by atoms with Crippen molar-refractivity contribution in [3.8, 4) is 0 Å². The first kappa shape index (κ1) is 31.6. The van der Waals surface area contributed by atoms with Gasteiger partial charge < -0.3 is 20.1 Å². The van der Waals surface area contributed by atoms with Gasteiger partial charge in [-0.2, -0.15) is 0 Å². The van der Waals surface area contributed by atoms with Gasteiger partial charge in [-0.15, -0.1) is 0 Å². The van der Waals surface area contributed by atoms with E-state index in [1.807, 2.05) is 19.9 Å². The number of ether oxygens (including phenoxy) is 1. The van der Waals surface area contributed by atoms with Gasteiger partial charge in [-0.25, -0.2) is 4.79 Å². The summed E-state index contributed by atoms with van der Waals surface area (Å²) in [6, 6.07) is 0. The van der Waals surface area contributed by atoms with Gasteiger partial charge in [-0.1, -0.05) is 39.3 Å². The summed E-state index contributed by atoms with van der Waals surface area (Å²) in [5.41, 5.74) is 1.57. The molecule has 0 heterocycles. The molecule has 0 aromatic heterocycles. The van der Waals surface area contributed by atoms with Crippen LogP contribution < -0.4 is 0 Å². The number of aliphatic carboxylic acids is 1. The maximum atomic E-state index is 12.6. The standard InChI is InChI=1S/C31H48O6.Ag/c1-17(2)9-8-10-20(28(35)36)26-22-15-24(34)27-29(5)13-12-23(33)18(3)21(29)11-14-30(27,6)31(22,7)16-25(26)37-19(4)32;/h9,18,21-25,27,33-34H,8,10-16H2,1-7H3,(H,35,36);/b26-20-;/t18-,21-,22-,23+,24+,25-,27-,29-,30-,31-;/m0./s1. The summed E-state index contributed by atoms with van der Waals surface area (Å²) in [6.45, 7) is 14.5. The molecule has 0 spiro atoms. The first-order chi connectivity index (χ1) is 17.2. The molecule has 0 saturated heterocycles. The fourth-order valence-corrected chi connectivity index (χ4v) is 9.79. The molecule has 7 heteroatoms. The van der Waals surface area contributed by atoms with E-state index in [4.69, 9.17) is 4.74 Å². The van der Waals surface area contributed by atoms with Crippen molar-refractivity contribution in [2.75, 3.05) is 0 Å². The fourth-order valence-electron chi connectivity index (χ4n) is 9.79. The Morgan fingerprint density at radius 2 is 1.68 bits per heavy atom. The molecule has 6 nitrogen and oxygen atoms in total. The number of carbonyl (C=O) groups is 2. The Kier molecular flexibility index (Phi) is 9.28. The van der Waals surface area contributed by atoms with Gasteiger partial charge in [0, 0.05) is 34.9 Å². The molecule has 0 aromatic rings. The summed E-state index contributed by atoms with van der Waals surface area (Å²) < 4.78 is 5.87. The SMILES string of the molecule is CC(=O)O[C@H]1C[C@@]2(C)[C@@H](C[C@@H](O)[C@H]3[C@@]4(C)CC[C@@H](O)[C@@H](C)[C@@H]4CC[C@@]32C)/C1=C(\CCC=C(C)C)C(=O)O.[Ag]. The van der Waals surface area contributed by atoms with E-state index in [1.54, 1.807) is 0 Å². The van der Waals surface area contributed by atoms with Gasteiger partial charge in [0.25, 0.3) is 0 Å². The molecule has 0 aliphatic heterocycles. The largest absolute Gasteiger partial charge is 0.478 e. The van der Waals surface area contributed by atoms with Crippen molar-refractivity contribution < 1.29 is 52.0 Å². The van der Waals surface area contributed by atoms with Crippen molar-refractivity contribution in [1.29, 1.82) is 0 Å². The average Bonchev–Trinajstić information content (AvgIpc) is 3.05. The number of allylic oxidation sites excluding steroid dienone is 2. The average molecular weight is 625 g/mol.